The molecule has 1 N–H and O–H groups in total. The summed E-state index contributed by atoms with van der Waals surface area (Å²) < 4.78 is 12.0. The van der Waals surface area contributed by atoms with Gasteiger partial charge in [0.1, 0.15) is 5.75 Å². The van der Waals surface area contributed by atoms with Crippen LogP contribution in [0.1, 0.15) is 31.6 Å². The Morgan fingerprint density at radius 1 is 1.23 bits per heavy atom. The highest BCUT2D eigenvalue weighted by molar-refractivity contribution is 9.10. The molecule has 2 aromatic carbocycles. The van der Waals surface area contributed by atoms with E-state index in [1.54, 1.807) is 4.90 Å². The number of aromatic nitrogens is 2. The number of anilines is 1. The van der Waals surface area contributed by atoms with E-state index in [9.17, 15) is 4.79 Å². The van der Waals surface area contributed by atoms with Crippen molar-refractivity contribution < 1.29 is 14.1 Å². The first kappa shape index (κ1) is 20.4. The first-order valence-electron chi connectivity index (χ1n) is 10.0. The predicted molar refractivity (Wildman–Crippen MR) is 118 cm³/mol. The lowest BCUT2D eigenvalue weighted by molar-refractivity contribution is 0.184. The van der Waals surface area contributed by atoms with E-state index in [4.69, 9.17) is 9.26 Å². The summed E-state index contributed by atoms with van der Waals surface area (Å²) in [5.41, 5.74) is 1.63. The molecule has 2 heterocycles. The standard InChI is InChI=1S/C22H23BrN4O3/c1-2-29-19-11-9-18(10-12-19)24-22(28)27-13-3-4-16(14-27)21-25-20(26-30-21)15-5-7-17(23)8-6-15/h5-12,16H,2-4,13-14H2,1H3,(H,24,28). The van der Waals surface area contributed by atoms with Gasteiger partial charge in [-0.25, -0.2) is 4.79 Å². The molecule has 8 heteroatoms. The minimum Gasteiger partial charge on any atom is -0.494 e. The second-order valence-corrected chi connectivity index (χ2v) is 8.05. The Kier molecular flexibility index (Phi) is 6.32. The van der Waals surface area contributed by atoms with Gasteiger partial charge in [0, 0.05) is 28.8 Å². The van der Waals surface area contributed by atoms with Gasteiger partial charge >= 0.3 is 6.03 Å². The second-order valence-electron chi connectivity index (χ2n) is 7.14. The van der Waals surface area contributed by atoms with E-state index in [0.717, 1.165) is 34.3 Å². The minimum atomic E-state index is -0.128. The monoisotopic (exact) mass is 470 g/mol. The summed E-state index contributed by atoms with van der Waals surface area (Å²) >= 11 is 3.43. The Morgan fingerprint density at radius 3 is 2.73 bits per heavy atom. The average Bonchev–Trinajstić information content (AvgIpc) is 3.26. The lowest BCUT2D eigenvalue weighted by Crippen LogP contribution is -2.41. The molecule has 1 saturated heterocycles. The van der Waals surface area contributed by atoms with Gasteiger partial charge in [-0.1, -0.05) is 21.1 Å². The molecule has 156 valence electrons. The van der Waals surface area contributed by atoms with Crippen LogP contribution in [0.4, 0.5) is 10.5 Å². The summed E-state index contributed by atoms with van der Waals surface area (Å²) in [6.45, 7) is 3.80. The van der Waals surface area contributed by atoms with E-state index in [0.29, 0.717) is 31.4 Å². The van der Waals surface area contributed by atoms with Gasteiger partial charge in [-0.15, -0.1) is 0 Å². The van der Waals surface area contributed by atoms with Crippen molar-refractivity contribution in [3.63, 3.8) is 0 Å². The normalized spacial score (nSPS) is 16.3. The third-order valence-corrected chi connectivity index (χ3v) is 5.55. The molecule has 1 aliphatic heterocycles. The largest absolute Gasteiger partial charge is 0.494 e. The van der Waals surface area contributed by atoms with E-state index < -0.39 is 0 Å². The van der Waals surface area contributed by atoms with Gasteiger partial charge in [-0.3, -0.25) is 0 Å². The number of nitrogens with zero attached hydrogens (tertiary/aromatic N) is 3. The zero-order valence-corrected chi connectivity index (χ0v) is 18.3. The summed E-state index contributed by atoms with van der Waals surface area (Å²) in [5.74, 6) is 1.95. The first-order valence-corrected chi connectivity index (χ1v) is 10.8. The fourth-order valence-corrected chi connectivity index (χ4v) is 3.75. The zero-order chi connectivity index (χ0) is 20.9. The van der Waals surface area contributed by atoms with Gasteiger partial charge in [0.25, 0.3) is 0 Å². The van der Waals surface area contributed by atoms with Crippen LogP contribution in [0.3, 0.4) is 0 Å². The zero-order valence-electron chi connectivity index (χ0n) is 16.7. The summed E-state index contributed by atoms with van der Waals surface area (Å²) in [6, 6.07) is 15.0. The quantitative estimate of drug-likeness (QED) is 0.546. The second kappa shape index (κ2) is 9.30. The lowest BCUT2D eigenvalue weighted by Gasteiger charge is -2.31. The molecule has 0 radical (unpaired) electrons. The minimum absolute atomic E-state index is 0.0292. The van der Waals surface area contributed by atoms with E-state index in [1.807, 2.05) is 55.5 Å². The van der Waals surface area contributed by atoms with Crippen LogP contribution >= 0.6 is 15.9 Å². The molecule has 0 aliphatic carbocycles. The number of ether oxygens (including phenoxy) is 1. The number of carbonyl (C=O) groups excluding carboxylic acids is 1. The van der Waals surface area contributed by atoms with Crippen LogP contribution < -0.4 is 10.1 Å². The number of hydrogen-bond donors (Lipinski definition) is 1. The molecule has 0 spiro atoms. The van der Waals surface area contributed by atoms with Gasteiger partial charge < -0.3 is 19.5 Å². The molecule has 1 aromatic heterocycles. The van der Waals surface area contributed by atoms with Crippen LogP contribution in [0.2, 0.25) is 0 Å². The van der Waals surface area contributed by atoms with Crippen molar-refractivity contribution in [3.8, 4) is 17.1 Å². The van der Waals surface area contributed by atoms with E-state index in [1.165, 1.54) is 0 Å². The number of halogens is 1. The highest BCUT2D eigenvalue weighted by Gasteiger charge is 2.28. The number of hydrogen-bond acceptors (Lipinski definition) is 5. The molecule has 4 rings (SSSR count). The Labute approximate surface area is 183 Å². The molecule has 0 saturated carbocycles. The summed E-state index contributed by atoms with van der Waals surface area (Å²) in [4.78, 5) is 19.1. The molecule has 3 aromatic rings. The smallest absolute Gasteiger partial charge is 0.321 e. The third kappa shape index (κ3) is 4.81. The molecular formula is C22H23BrN4O3. The number of amides is 2. The molecule has 1 unspecified atom stereocenters. The molecule has 1 aliphatic rings. The van der Waals surface area contributed by atoms with Crippen molar-refractivity contribution in [2.75, 3.05) is 25.0 Å². The predicted octanol–water partition coefficient (Wildman–Crippen LogP) is 5.31. The van der Waals surface area contributed by atoms with E-state index >= 15 is 0 Å². The Balaban J connectivity index is 1.39. The van der Waals surface area contributed by atoms with Gasteiger partial charge in [-0.2, -0.15) is 4.98 Å². The van der Waals surface area contributed by atoms with E-state index in [2.05, 4.69) is 31.4 Å². The molecule has 1 fully saturated rings. The number of nitrogens with one attached hydrogen (secondary N) is 1. The van der Waals surface area contributed by atoms with Crippen LogP contribution in [0, 0.1) is 0 Å². The number of urea groups is 1. The number of rotatable bonds is 5. The Bertz CT molecular complexity index is 988. The van der Waals surface area contributed by atoms with Gasteiger partial charge in [0.2, 0.25) is 11.7 Å². The number of likely N-dealkylation sites (tertiary alicyclic amines) is 1. The average molecular weight is 471 g/mol. The number of piperidine rings is 1. The fraction of sp³-hybridized carbons (Fsp3) is 0.318. The topological polar surface area (TPSA) is 80.5 Å². The van der Waals surface area contributed by atoms with Crippen molar-refractivity contribution in [3.05, 3.63) is 58.9 Å². The van der Waals surface area contributed by atoms with E-state index in [-0.39, 0.29) is 11.9 Å². The van der Waals surface area contributed by atoms with Crippen LogP contribution in [0.15, 0.2) is 57.5 Å². The number of carbonyl (C=O) groups is 1. The Morgan fingerprint density at radius 2 is 2.00 bits per heavy atom. The van der Waals surface area contributed by atoms with Crippen molar-refractivity contribution in [1.82, 2.24) is 15.0 Å². The number of benzene rings is 2. The van der Waals surface area contributed by atoms with Crippen molar-refractivity contribution in [2.24, 2.45) is 0 Å². The van der Waals surface area contributed by atoms with Crippen LogP contribution in [-0.4, -0.2) is 40.8 Å². The summed E-state index contributed by atoms with van der Waals surface area (Å²) in [5, 5.41) is 7.07. The third-order valence-electron chi connectivity index (χ3n) is 5.02. The van der Waals surface area contributed by atoms with Crippen LogP contribution in [0.5, 0.6) is 5.75 Å². The maximum Gasteiger partial charge on any atom is 0.321 e. The molecular weight excluding hydrogens is 448 g/mol. The lowest BCUT2D eigenvalue weighted by atomic mass is 9.98. The molecule has 30 heavy (non-hydrogen) atoms. The highest BCUT2D eigenvalue weighted by Crippen LogP contribution is 2.28. The van der Waals surface area contributed by atoms with Crippen molar-refractivity contribution in [2.45, 2.75) is 25.7 Å². The maximum absolute atomic E-state index is 12.7. The maximum atomic E-state index is 12.7. The first-order chi connectivity index (χ1) is 14.6. The van der Waals surface area contributed by atoms with Crippen molar-refractivity contribution >= 4 is 27.6 Å². The SMILES string of the molecule is CCOc1ccc(NC(=O)N2CCCC(c3nc(-c4ccc(Br)cc4)no3)C2)cc1. The van der Waals surface area contributed by atoms with Gasteiger partial charge in [-0.05, 0) is 68.3 Å². The van der Waals surface area contributed by atoms with Crippen molar-refractivity contribution in [1.29, 1.82) is 0 Å². The summed E-state index contributed by atoms with van der Waals surface area (Å²) in [6.07, 6.45) is 1.80. The fourth-order valence-electron chi connectivity index (χ4n) is 3.48. The molecule has 7 nitrogen and oxygen atoms in total. The molecule has 1 atom stereocenters. The summed E-state index contributed by atoms with van der Waals surface area (Å²) in [7, 11) is 0. The molecule has 0 bridgehead atoms. The molecule has 2 amide bonds. The van der Waals surface area contributed by atoms with Crippen LogP contribution in [-0.2, 0) is 0 Å². The Hall–Kier alpha value is -2.87. The van der Waals surface area contributed by atoms with Crippen LogP contribution in [0.25, 0.3) is 11.4 Å². The highest BCUT2D eigenvalue weighted by atomic mass is 79.9. The van der Waals surface area contributed by atoms with Gasteiger partial charge in [0.05, 0.1) is 12.5 Å². The van der Waals surface area contributed by atoms with Gasteiger partial charge in [0.15, 0.2) is 0 Å².